The number of ether oxygens (including phenoxy) is 1. The smallest absolute Gasteiger partial charge is 0.126 e. The summed E-state index contributed by atoms with van der Waals surface area (Å²) in [6, 6.07) is 8.53. The van der Waals surface area contributed by atoms with E-state index in [-0.39, 0.29) is 6.61 Å². The summed E-state index contributed by atoms with van der Waals surface area (Å²) >= 11 is 0. The fourth-order valence-electron chi connectivity index (χ4n) is 3.50. The van der Waals surface area contributed by atoms with Crippen LogP contribution in [0.3, 0.4) is 0 Å². The van der Waals surface area contributed by atoms with Crippen molar-refractivity contribution in [2.45, 2.75) is 33.2 Å². The lowest BCUT2D eigenvalue weighted by atomic mass is 9.94. The maximum Gasteiger partial charge on any atom is 0.126 e. The normalized spacial score (nSPS) is 20.3. The van der Waals surface area contributed by atoms with Crippen LogP contribution in [-0.2, 0) is 0 Å². The lowest BCUT2D eigenvalue weighted by molar-refractivity contribution is 0.0420. The third-order valence-corrected chi connectivity index (χ3v) is 4.63. The molecule has 1 atom stereocenters. The lowest BCUT2D eigenvalue weighted by Crippen LogP contribution is -2.55. The van der Waals surface area contributed by atoms with E-state index in [0.29, 0.717) is 11.5 Å². The summed E-state index contributed by atoms with van der Waals surface area (Å²) < 4.78 is 5.40. The fraction of sp³-hybridized carbons (Fsp3) is 0.619. The summed E-state index contributed by atoms with van der Waals surface area (Å²) in [6.07, 6.45) is 5.21. The van der Waals surface area contributed by atoms with E-state index in [1.165, 1.54) is 0 Å². The minimum atomic E-state index is 0.260. The van der Waals surface area contributed by atoms with E-state index in [1.54, 1.807) is 7.11 Å². The van der Waals surface area contributed by atoms with Crippen LogP contribution < -0.4 is 4.74 Å². The van der Waals surface area contributed by atoms with Crippen molar-refractivity contribution in [3.63, 3.8) is 0 Å². The molecular weight excluding hydrogens is 312 g/mol. The minimum absolute atomic E-state index is 0.260. The molecule has 0 spiro atoms. The van der Waals surface area contributed by atoms with Crippen LogP contribution in [0.25, 0.3) is 6.08 Å². The molecule has 1 aromatic carbocycles. The molecule has 0 radical (unpaired) electrons. The predicted molar refractivity (Wildman–Crippen MR) is 105 cm³/mol. The Hall–Kier alpha value is -1.36. The Morgan fingerprint density at radius 3 is 2.68 bits per heavy atom. The second-order valence-electron chi connectivity index (χ2n) is 8.10. The summed E-state index contributed by atoms with van der Waals surface area (Å²) in [6.45, 7) is 12.3. The number of piperazine rings is 1. The second-order valence-corrected chi connectivity index (χ2v) is 8.10. The van der Waals surface area contributed by atoms with Gasteiger partial charge in [0, 0.05) is 50.9 Å². The highest BCUT2D eigenvalue weighted by molar-refractivity contribution is 5.57. The lowest BCUT2D eigenvalue weighted by Gasteiger charge is -2.43. The van der Waals surface area contributed by atoms with Crippen LogP contribution in [0, 0.1) is 5.41 Å². The van der Waals surface area contributed by atoms with Gasteiger partial charge < -0.3 is 9.84 Å². The maximum atomic E-state index is 9.43. The highest BCUT2D eigenvalue weighted by atomic mass is 16.5. The summed E-state index contributed by atoms with van der Waals surface area (Å²) in [5, 5.41) is 9.43. The molecule has 1 N–H and O–H groups in total. The molecule has 2 rings (SSSR count). The Bertz CT molecular complexity index is 551. The van der Waals surface area contributed by atoms with Gasteiger partial charge in [-0.2, -0.15) is 0 Å². The first-order valence-electron chi connectivity index (χ1n) is 9.30. The van der Waals surface area contributed by atoms with E-state index < -0.39 is 0 Å². The second kappa shape index (κ2) is 9.37. The molecule has 1 aliphatic heterocycles. The van der Waals surface area contributed by atoms with Gasteiger partial charge in [0.2, 0.25) is 0 Å². The standard InChI is InChI=1S/C21H34N2O2/c1-21(2,3)17-23-14-13-22(16-19(23)11-15-24)12-7-9-18-8-5-6-10-20(18)25-4/h5-10,19,24H,11-17H2,1-4H3/b9-7+/t19-/m1/s1. The summed E-state index contributed by atoms with van der Waals surface area (Å²) in [5.41, 5.74) is 1.41. The number of aliphatic hydroxyl groups is 1. The first kappa shape index (κ1) is 20.0. The number of aliphatic hydroxyl groups excluding tert-OH is 1. The van der Waals surface area contributed by atoms with Gasteiger partial charge in [-0.1, -0.05) is 51.1 Å². The summed E-state index contributed by atoms with van der Waals surface area (Å²) in [5.74, 6) is 0.909. The Labute approximate surface area is 153 Å². The zero-order chi connectivity index (χ0) is 18.3. The number of para-hydroxylation sites is 1. The van der Waals surface area contributed by atoms with Crippen molar-refractivity contribution in [2.24, 2.45) is 5.41 Å². The van der Waals surface area contributed by atoms with Gasteiger partial charge in [-0.05, 0) is 17.9 Å². The fourth-order valence-corrected chi connectivity index (χ4v) is 3.50. The molecule has 1 aromatic rings. The average Bonchev–Trinajstić information content (AvgIpc) is 2.56. The zero-order valence-corrected chi connectivity index (χ0v) is 16.2. The van der Waals surface area contributed by atoms with Crippen LogP contribution in [0.2, 0.25) is 0 Å². The molecule has 0 bridgehead atoms. The third-order valence-electron chi connectivity index (χ3n) is 4.63. The van der Waals surface area contributed by atoms with Crippen molar-refractivity contribution in [3.05, 3.63) is 35.9 Å². The Morgan fingerprint density at radius 1 is 1.24 bits per heavy atom. The summed E-state index contributed by atoms with van der Waals surface area (Å²) in [7, 11) is 1.71. The van der Waals surface area contributed by atoms with E-state index in [1.807, 2.05) is 18.2 Å². The van der Waals surface area contributed by atoms with E-state index in [4.69, 9.17) is 4.74 Å². The third kappa shape index (κ3) is 6.46. The molecule has 1 saturated heterocycles. The topological polar surface area (TPSA) is 35.9 Å². The molecule has 25 heavy (non-hydrogen) atoms. The molecule has 4 nitrogen and oxygen atoms in total. The zero-order valence-electron chi connectivity index (χ0n) is 16.2. The number of nitrogens with zero attached hydrogens (tertiary/aromatic N) is 2. The molecule has 0 aliphatic carbocycles. The average molecular weight is 347 g/mol. The molecule has 1 aliphatic rings. The number of rotatable bonds is 7. The molecular formula is C21H34N2O2. The van der Waals surface area contributed by atoms with Crippen molar-refractivity contribution < 1.29 is 9.84 Å². The minimum Gasteiger partial charge on any atom is -0.496 e. The predicted octanol–water partition coefficient (Wildman–Crippen LogP) is 3.12. The summed E-state index contributed by atoms with van der Waals surface area (Å²) in [4.78, 5) is 5.03. The van der Waals surface area contributed by atoms with Crippen molar-refractivity contribution in [1.29, 1.82) is 0 Å². The number of hydrogen-bond acceptors (Lipinski definition) is 4. The van der Waals surface area contributed by atoms with E-state index >= 15 is 0 Å². The van der Waals surface area contributed by atoms with Crippen molar-refractivity contribution in [1.82, 2.24) is 9.80 Å². The molecule has 0 aromatic heterocycles. The largest absolute Gasteiger partial charge is 0.496 e. The van der Waals surface area contributed by atoms with Gasteiger partial charge in [-0.25, -0.2) is 0 Å². The van der Waals surface area contributed by atoms with Gasteiger partial charge >= 0.3 is 0 Å². The van der Waals surface area contributed by atoms with Crippen molar-refractivity contribution in [2.75, 3.05) is 46.4 Å². The van der Waals surface area contributed by atoms with E-state index in [2.05, 4.69) is 48.8 Å². The number of methoxy groups -OCH3 is 1. The molecule has 0 unspecified atom stereocenters. The first-order valence-corrected chi connectivity index (χ1v) is 9.30. The molecule has 140 valence electrons. The highest BCUT2D eigenvalue weighted by Gasteiger charge is 2.28. The maximum absolute atomic E-state index is 9.43. The van der Waals surface area contributed by atoms with Gasteiger partial charge in [-0.3, -0.25) is 9.80 Å². The monoisotopic (exact) mass is 346 g/mol. The van der Waals surface area contributed by atoms with Crippen LogP contribution in [0.5, 0.6) is 5.75 Å². The number of benzene rings is 1. The Balaban J connectivity index is 1.92. The van der Waals surface area contributed by atoms with Gasteiger partial charge in [0.05, 0.1) is 7.11 Å². The first-order chi connectivity index (χ1) is 11.9. The molecule has 1 fully saturated rings. The molecule has 1 heterocycles. The van der Waals surface area contributed by atoms with Gasteiger partial charge in [-0.15, -0.1) is 0 Å². The van der Waals surface area contributed by atoms with Gasteiger partial charge in [0.25, 0.3) is 0 Å². The van der Waals surface area contributed by atoms with Crippen LogP contribution >= 0.6 is 0 Å². The molecule has 0 amide bonds. The Morgan fingerprint density at radius 2 is 2.00 bits per heavy atom. The van der Waals surface area contributed by atoms with Crippen LogP contribution in [0.1, 0.15) is 32.8 Å². The van der Waals surface area contributed by atoms with Crippen LogP contribution in [-0.4, -0.2) is 67.4 Å². The Kier molecular flexibility index (Phi) is 7.48. The van der Waals surface area contributed by atoms with Crippen molar-refractivity contribution >= 4 is 6.08 Å². The van der Waals surface area contributed by atoms with Gasteiger partial charge in [0.1, 0.15) is 5.75 Å². The molecule has 0 saturated carbocycles. The highest BCUT2D eigenvalue weighted by Crippen LogP contribution is 2.22. The number of hydrogen-bond donors (Lipinski definition) is 1. The van der Waals surface area contributed by atoms with E-state index in [0.717, 1.165) is 50.5 Å². The van der Waals surface area contributed by atoms with Crippen molar-refractivity contribution in [3.8, 4) is 5.75 Å². The molecule has 4 heteroatoms. The van der Waals surface area contributed by atoms with Crippen LogP contribution in [0.4, 0.5) is 0 Å². The van der Waals surface area contributed by atoms with E-state index in [9.17, 15) is 5.11 Å². The SMILES string of the molecule is COc1ccccc1/C=C/CN1CCN(CC(C)(C)C)[C@H](CCO)C1. The quantitative estimate of drug-likeness (QED) is 0.823. The van der Waals surface area contributed by atoms with Gasteiger partial charge in [0.15, 0.2) is 0 Å². The van der Waals surface area contributed by atoms with Crippen LogP contribution in [0.15, 0.2) is 30.3 Å².